The van der Waals surface area contributed by atoms with Crippen molar-refractivity contribution < 1.29 is 4.74 Å². The summed E-state index contributed by atoms with van der Waals surface area (Å²) in [5.74, 6) is 0.898. The van der Waals surface area contributed by atoms with Crippen LogP contribution in [0.5, 0.6) is 5.75 Å². The van der Waals surface area contributed by atoms with Crippen LogP contribution < -0.4 is 4.74 Å². The molecule has 1 N–H and O–H groups in total. The molecule has 0 radical (unpaired) electrons. The average Bonchev–Trinajstić information content (AvgIpc) is 2.58. The maximum atomic E-state index is 5.61. The lowest BCUT2D eigenvalue weighted by Crippen LogP contribution is -2.05. The van der Waals surface area contributed by atoms with Crippen LogP contribution in [0.4, 0.5) is 0 Å². The van der Waals surface area contributed by atoms with E-state index >= 15 is 0 Å². The molecule has 0 aliphatic heterocycles. The van der Waals surface area contributed by atoms with Gasteiger partial charge in [0.2, 0.25) is 0 Å². The predicted molar refractivity (Wildman–Crippen MR) is 75.4 cm³/mol. The molecule has 90 valence electrons. The van der Waals surface area contributed by atoms with E-state index in [1.165, 1.54) is 4.88 Å². The SMILES string of the molecule is Cc1sc(=S)[nH]c1-c1ccc(OC(C)C)cc1. The van der Waals surface area contributed by atoms with E-state index in [9.17, 15) is 0 Å². The number of aromatic amines is 1. The maximum Gasteiger partial charge on any atom is 0.159 e. The van der Waals surface area contributed by atoms with Gasteiger partial charge < -0.3 is 9.72 Å². The summed E-state index contributed by atoms with van der Waals surface area (Å²) in [6.45, 7) is 6.12. The molecule has 0 spiro atoms. The maximum absolute atomic E-state index is 5.61. The van der Waals surface area contributed by atoms with E-state index in [1.807, 2.05) is 26.0 Å². The largest absolute Gasteiger partial charge is 0.491 e. The first-order valence-corrected chi connectivity index (χ1v) is 6.75. The molecule has 17 heavy (non-hydrogen) atoms. The number of thiazole rings is 1. The molecule has 0 saturated heterocycles. The lowest BCUT2D eigenvalue weighted by Gasteiger charge is -2.09. The predicted octanol–water partition coefficient (Wildman–Crippen LogP) is 4.57. The van der Waals surface area contributed by atoms with Gasteiger partial charge in [-0.3, -0.25) is 0 Å². The fourth-order valence-electron chi connectivity index (χ4n) is 1.65. The van der Waals surface area contributed by atoms with Gasteiger partial charge in [0.25, 0.3) is 0 Å². The molecule has 2 aromatic rings. The highest BCUT2D eigenvalue weighted by Gasteiger charge is 2.05. The zero-order chi connectivity index (χ0) is 12.4. The standard InChI is InChI=1S/C13H15NOS2/c1-8(2)15-11-6-4-10(5-7-11)12-9(3)17-13(16)14-12/h4-8H,1-3H3,(H,14,16). The van der Waals surface area contributed by atoms with Gasteiger partial charge in [-0.15, -0.1) is 11.3 Å². The Morgan fingerprint density at radius 2 is 1.88 bits per heavy atom. The van der Waals surface area contributed by atoms with Crippen LogP contribution in [0.3, 0.4) is 0 Å². The second-order valence-corrected chi connectivity index (χ2v) is 6.03. The van der Waals surface area contributed by atoms with E-state index in [1.54, 1.807) is 11.3 Å². The molecule has 0 unspecified atom stereocenters. The van der Waals surface area contributed by atoms with Crippen molar-refractivity contribution in [3.63, 3.8) is 0 Å². The molecule has 0 saturated carbocycles. The zero-order valence-corrected chi connectivity index (χ0v) is 11.7. The normalized spacial score (nSPS) is 10.8. The van der Waals surface area contributed by atoms with Gasteiger partial charge in [0.05, 0.1) is 11.8 Å². The van der Waals surface area contributed by atoms with Gasteiger partial charge in [-0.25, -0.2) is 0 Å². The van der Waals surface area contributed by atoms with Gasteiger partial charge in [-0.1, -0.05) is 0 Å². The second kappa shape index (κ2) is 5.02. The van der Waals surface area contributed by atoms with Gasteiger partial charge in [0, 0.05) is 4.88 Å². The number of rotatable bonds is 3. The van der Waals surface area contributed by atoms with Crippen LogP contribution in [-0.2, 0) is 0 Å². The summed E-state index contributed by atoms with van der Waals surface area (Å²) >= 11 is 6.75. The van der Waals surface area contributed by atoms with E-state index in [2.05, 4.69) is 24.0 Å². The fraction of sp³-hybridized carbons (Fsp3) is 0.308. The van der Waals surface area contributed by atoms with Gasteiger partial charge in [0.15, 0.2) is 3.95 Å². The van der Waals surface area contributed by atoms with E-state index in [4.69, 9.17) is 17.0 Å². The Kier molecular flexibility index (Phi) is 3.64. The topological polar surface area (TPSA) is 25.0 Å². The van der Waals surface area contributed by atoms with Gasteiger partial charge in [-0.2, -0.15) is 0 Å². The molecule has 1 aromatic heterocycles. The number of benzene rings is 1. The van der Waals surface area contributed by atoms with Crippen molar-refractivity contribution in [1.29, 1.82) is 0 Å². The minimum Gasteiger partial charge on any atom is -0.491 e. The Morgan fingerprint density at radius 1 is 1.24 bits per heavy atom. The Labute approximate surface area is 110 Å². The van der Waals surface area contributed by atoms with Gasteiger partial charge in [-0.05, 0) is 62.8 Å². The van der Waals surface area contributed by atoms with E-state index in [0.29, 0.717) is 0 Å². The molecule has 0 atom stereocenters. The summed E-state index contributed by atoms with van der Waals surface area (Å²) < 4.78 is 6.43. The van der Waals surface area contributed by atoms with Crippen LogP contribution in [0.15, 0.2) is 24.3 Å². The van der Waals surface area contributed by atoms with Crippen molar-refractivity contribution in [2.75, 3.05) is 0 Å². The number of hydrogen-bond donors (Lipinski definition) is 1. The number of ether oxygens (including phenoxy) is 1. The number of aromatic nitrogens is 1. The van der Waals surface area contributed by atoms with Crippen LogP contribution in [0.2, 0.25) is 0 Å². The van der Waals surface area contributed by atoms with Crippen molar-refractivity contribution in [1.82, 2.24) is 4.98 Å². The van der Waals surface area contributed by atoms with Crippen molar-refractivity contribution in [2.45, 2.75) is 26.9 Å². The third-order valence-electron chi connectivity index (χ3n) is 2.34. The smallest absolute Gasteiger partial charge is 0.159 e. The molecule has 4 heteroatoms. The summed E-state index contributed by atoms with van der Waals surface area (Å²) in [5, 5.41) is 0. The first-order chi connectivity index (χ1) is 8.06. The summed E-state index contributed by atoms with van der Waals surface area (Å²) in [7, 11) is 0. The molecule has 0 aliphatic carbocycles. The quantitative estimate of drug-likeness (QED) is 0.822. The minimum atomic E-state index is 0.203. The third kappa shape index (κ3) is 2.96. The Balaban J connectivity index is 2.29. The molecular weight excluding hydrogens is 250 g/mol. The van der Waals surface area contributed by atoms with Crippen LogP contribution in [0.1, 0.15) is 18.7 Å². The van der Waals surface area contributed by atoms with Crippen molar-refractivity contribution >= 4 is 23.6 Å². The average molecular weight is 265 g/mol. The Morgan fingerprint density at radius 3 is 2.35 bits per heavy atom. The number of nitrogens with one attached hydrogen (secondary N) is 1. The number of aryl methyl sites for hydroxylation is 1. The van der Waals surface area contributed by atoms with Crippen molar-refractivity contribution in [3.05, 3.63) is 33.1 Å². The first kappa shape index (κ1) is 12.3. The lowest BCUT2D eigenvalue weighted by molar-refractivity contribution is 0.242. The van der Waals surface area contributed by atoms with Crippen LogP contribution in [-0.4, -0.2) is 11.1 Å². The molecule has 1 aromatic carbocycles. The van der Waals surface area contributed by atoms with Gasteiger partial charge >= 0.3 is 0 Å². The Hall–Kier alpha value is -1.13. The molecule has 2 rings (SSSR count). The monoisotopic (exact) mass is 265 g/mol. The van der Waals surface area contributed by atoms with E-state index in [-0.39, 0.29) is 6.10 Å². The molecule has 0 bridgehead atoms. The third-order valence-corrected chi connectivity index (χ3v) is 3.49. The minimum absolute atomic E-state index is 0.203. The lowest BCUT2D eigenvalue weighted by atomic mass is 10.1. The van der Waals surface area contributed by atoms with E-state index in [0.717, 1.165) is 21.0 Å². The highest BCUT2D eigenvalue weighted by Crippen LogP contribution is 2.27. The highest BCUT2D eigenvalue weighted by molar-refractivity contribution is 7.73. The molecular formula is C13H15NOS2. The van der Waals surface area contributed by atoms with Crippen LogP contribution >= 0.6 is 23.6 Å². The zero-order valence-electron chi connectivity index (χ0n) is 10.1. The fourth-order valence-corrected chi connectivity index (χ4v) is 2.83. The summed E-state index contributed by atoms with van der Waals surface area (Å²) in [4.78, 5) is 4.43. The molecule has 0 fully saturated rings. The van der Waals surface area contributed by atoms with Gasteiger partial charge in [0.1, 0.15) is 5.75 Å². The first-order valence-electron chi connectivity index (χ1n) is 5.53. The molecule has 1 heterocycles. The van der Waals surface area contributed by atoms with Crippen molar-refractivity contribution in [3.8, 4) is 17.0 Å². The number of H-pyrrole nitrogens is 1. The van der Waals surface area contributed by atoms with E-state index < -0.39 is 0 Å². The van der Waals surface area contributed by atoms with Crippen molar-refractivity contribution in [2.24, 2.45) is 0 Å². The van der Waals surface area contributed by atoms with Crippen LogP contribution in [0, 0.1) is 10.9 Å². The Bertz CT molecular complexity index is 552. The highest BCUT2D eigenvalue weighted by atomic mass is 32.1. The second-order valence-electron chi connectivity index (χ2n) is 4.14. The van der Waals surface area contributed by atoms with Crippen LogP contribution in [0.25, 0.3) is 11.3 Å². The molecule has 2 nitrogen and oxygen atoms in total. The number of hydrogen-bond acceptors (Lipinski definition) is 3. The molecule has 0 aliphatic rings. The summed E-state index contributed by atoms with van der Waals surface area (Å²) in [6, 6.07) is 8.09. The summed E-state index contributed by atoms with van der Waals surface area (Å²) in [5.41, 5.74) is 2.25. The molecule has 0 amide bonds. The summed E-state index contributed by atoms with van der Waals surface area (Å²) in [6.07, 6.45) is 0.203.